The van der Waals surface area contributed by atoms with Crippen molar-refractivity contribution in [2.75, 3.05) is 13.1 Å². The number of Topliss-reactive ketones (excluding diaryl/α,β-unsaturated/α-hetero) is 1. The molecular weight excluding hydrogens is 212 g/mol. The third-order valence-corrected chi connectivity index (χ3v) is 2.24. The summed E-state index contributed by atoms with van der Waals surface area (Å²) >= 11 is 0. The van der Waals surface area contributed by atoms with Crippen molar-refractivity contribution in [2.45, 2.75) is 19.8 Å². The van der Waals surface area contributed by atoms with E-state index in [9.17, 15) is 13.6 Å². The van der Waals surface area contributed by atoms with Crippen LogP contribution in [0.2, 0.25) is 0 Å². The standard InChI is InChI=1S/C12H15F2NO/c1-9(16)4-6-15-7-5-10-2-3-11(13)8-12(10)14/h2-3,8,15H,4-7H2,1H3. The average Bonchev–Trinajstić information content (AvgIpc) is 2.20. The van der Waals surface area contributed by atoms with E-state index in [0.29, 0.717) is 31.5 Å². The lowest BCUT2D eigenvalue weighted by Crippen LogP contribution is -2.20. The van der Waals surface area contributed by atoms with Gasteiger partial charge in [-0.25, -0.2) is 8.78 Å². The smallest absolute Gasteiger partial charge is 0.131 e. The van der Waals surface area contributed by atoms with Gasteiger partial charge in [0.2, 0.25) is 0 Å². The molecule has 0 saturated heterocycles. The van der Waals surface area contributed by atoms with Gasteiger partial charge in [0.1, 0.15) is 17.4 Å². The van der Waals surface area contributed by atoms with Crippen LogP contribution in [0.4, 0.5) is 8.78 Å². The van der Waals surface area contributed by atoms with E-state index in [1.165, 1.54) is 19.1 Å². The molecule has 0 unspecified atom stereocenters. The van der Waals surface area contributed by atoms with E-state index < -0.39 is 11.6 Å². The first-order valence-corrected chi connectivity index (χ1v) is 5.23. The summed E-state index contributed by atoms with van der Waals surface area (Å²) in [4.78, 5) is 10.6. The molecule has 1 N–H and O–H groups in total. The largest absolute Gasteiger partial charge is 0.316 e. The highest BCUT2D eigenvalue weighted by atomic mass is 19.1. The van der Waals surface area contributed by atoms with E-state index in [4.69, 9.17) is 0 Å². The zero-order valence-corrected chi connectivity index (χ0v) is 9.22. The molecule has 1 aromatic rings. The highest BCUT2D eigenvalue weighted by molar-refractivity contribution is 5.75. The van der Waals surface area contributed by atoms with Crippen molar-refractivity contribution < 1.29 is 13.6 Å². The summed E-state index contributed by atoms with van der Waals surface area (Å²) in [6, 6.07) is 3.57. The molecular formula is C12H15F2NO. The van der Waals surface area contributed by atoms with Gasteiger partial charge in [0.15, 0.2) is 0 Å². The van der Waals surface area contributed by atoms with Gasteiger partial charge in [0.05, 0.1) is 0 Å². The second-order valence-corrected chi connectivity index (χ2v) is 3.69. The Hall–Kier alpha value is -1.29. The summed E-state index contributed by atoms with van der Waals surface area (Å²) in [6.07, 6.45) is 0.968. The lowest BCUT2D eigenvalue weighted by molar-refractivity contribution is -0.116. The summed E-state index contributed by atoms with van der Waals surface area (Å²) < 4.78 is 25.8. The molecule has 0 heterocycles. The summed E-state index contributed by atoms with van der Waals surface area (Å²) in [6.45, 7) is 2.70. The van der Waals surface area contributed by atoms with Crippen LogP contribution >= 0.6 is 0 Å². The number of hydrogen-bond acceptors (Lipinski definition) is 2. The maximum absolute atomic E-state index is 13.2. The summed E-state index contributed by atoms with van der Waals surface area (Å²) in [7, 11) is 0. The minimum atomic E-state index is -0.564. The minimum Gasteiger partial charge on any atom is -0.316 e. The number of hydrogen-bond donors (Lipinski definition) is 1. The van der Waals surface area contributed by atoms with Crippen LogP contribution < -0.4 is 5.32 Å². The van der Waals surface area contributed by atoms with E-state index in [0.717, 1.165) is 6.07 Å². The number of halogens is 2. The molecule has 0 atom stereocenters. The van der Waals surface area contributed by atoms with Crippen LogP contribution in [0.5, 0.6) is 0 Å². The molecule has 0 aliphatic heterocycles. The summed E-state index contributed by atoms with van der Waals surface area (Å²) in [5, 5.41) is 3.03. The minimum absolute atomic E-state index is 0.125. The Morgan fingerprint density at radius 3 is 2.69 bits per heavy atom. The predicted octanol–water partition coefficient (Wildman–Crippen LogP) is 2.08. The van der Waals surface area contributed by atoms with Gasteiger partial charge in [-0.2, -0.15) is 0 Å². The number of rotatable bonds is 6. The van der Waals surface area contributed by atoms with Crippen molar-refractivity contribution in [3.8, 4) is 0 Å². The Kier molecular flexibility index (Phi) is 5.05. The fourth-order valence-electron chi connectivity index (χ4n) is 1.34. The van der Waals surface area contributed by atoms with Gasteiger partial charge in [0.25, 0.3) is 0 Å². The van der Waals surface area contributed by atoms with E-state index in [-0.39, 0.29) is 5.78 Å². The maximum atomic E-state index is 13.2. The second-order valence-electron chi connectivity index (χ2n) is 3.69. The molecule has 1 aromatic carbocycles. The SMILES string of the molecule is CC(=O)CCNCCc1ccc(F)cc1F. The van der Waals surface area contributed by atoms with Gasteiger partial charge in [-0.15, -0.1) is 0 Å². The molecule has 4 heteroatoms. The van der Waals surface area contributed by atoms with Gasteiger partial charge in [-0.1, -0.05) is 6.07 Å². The number of benzene rings is 1. The van der Waals surface area contributed by atoms with Gasteiger partial charge >= 0.3 is 0 Å². The monoisotopic (exact) mass is 227 g/mol. The van der Waals surface area contributed by atoms with Crippen molar-refractivity contribution in [1.82, 2.24) is 5.32 Å². The molecule has 0 spiro atoms. The van der Waals surface area contributed by atoms with Crippen molar-refractivity contribution in [3.05, 3.63) is 35.4 Å². The third-order valence-electron chi connectivity index (χ3n) is 2.24. The molecule has 0 saturated carbocycles. The van der Waals surface area contributed by atoms with E-state index in [1.807, 2.05) is 0 Å². The molecule has 0 aliphatic rings. The fraction of sp³-hybridized carbons (Fsp3) is 0.417. The molecule has 0 aliphatic carbocycles. The molecule has 0 bridgehead atoms. The first-order valence-electron chi connectivity index (χ1n) is 5.23. The summed E-state index contributed by atoms with van der Waals surface area (Å²) in [5.74, 6) is -0.959. The Bertz CT molecular complexity index is 366. The van der Waals surface area contributed by atoms with Crippen molar-refractivity contribution in [1.29, 1.82) is 0 Å². The first-order chi connectivity index (χ1) is 7.59. The number of carbonyl (C=O) groups is 1. The van der Waals surface area contributed by atoms with Crippen LogP contribution in [-0.4, -0.2) is 18.9 Å². The number of ketones is 1. The maximum Gasteiger partial charge on any atom is 0.131 e. The van der Waals surface area contributed by atoms with Gasteiger partial charge in [0, 0.05) is 19.0 Å². The van der Waals surface area contributed by atoms with Gasteiger partial charge in [-0.3, -0.25) is 4.79 Å². The molecule has 0 radical (unpaired) electrons. The lowest BCUT2D eigenvalue weighted by Gasteiger charge is -2.04. The molecule has 0 amide bonds. The third kappa shape index (κ3) is 4.49. The predicted molar refractivity (Wildman–Crippen MR) is 58.2 cm³/mol. The zero-order chi connectivity index (χ0) is 12.0. The lowest BCUT2D eigenvalue weighted by atomic mass is 10.1. The van der Waals surface area contributed by atoms with Gasteiger partial charge in [-0.05, 0) is 31.5 Å². The average molecular weight is 227 g/mol. The Balaban J connectivity index is 2.29. The molecule has 2 nitrogen and oxygen atoms in total. The molecule has 0 fully saturated rings. The highest BCUT2D eigenvalue weighted by Crippen LogP contribution is 2.09. The fourth-order valence-corrected chi connectivity index (χ4v) is 1.34. The quantitative estimate of drug-likeness (QED) is 0.754. The second kappa shape index (κ2) is 6.33. The van der Waals surface area contributed by atoms with E-state index in [1.54, 1.807) is 0 Å². The van der Waals surface area contributed by atoms with Crippen LogP contribution in [0.25, 0.3) is 0 Å². The zero-order valence-electron chi connectivity index (χ0n) is 9.22. The molecule has 1 rings (SSSR count). The Labute approximate surface area is 93.7 Å². The molecule has 0 aromatic heterocycles. The Morgan fingerprint density at radius 2 is 2.06 bits per heavy atom. The van der Waals surface area contributed by atoms with Crippen molar-refractivity contribution in [2.24, 2.45) is 0 Å². The van der Waals surface area contributed by atoms with Crippen molar-refractivity contribution in [3.63, 3.8) is 0 Å². The van der Waals surface area contributed by atoms with E-state index >= 15 is 0 Å². The highest BCUT2D eigenvalue weighted by Gasteiger charge is 2.03. The van der Waals surface area contributed by atoms with E-state index in [2.05, 4.69) is 5.32 Å². The van der Waals surface area contributed by atoms with Crippen LogP contribution in [0.1, 0.15) is 18.9 Å². The topological polar surface area (TPSA) is 29.1 Å². The van der Waals surface area contributed by atoms with Crippen LogP contribution in [0, 0.1) is 11.6 Å². The normalized spacial score (nSPS) is 10.4. The van der Waals surface area contributed by atoms with Crippen LogP contribution in [-0.2, 0) is 11.2 Å². The number of nitrogens with one attached hydrogen (secondary N) is 1. The number of carbonyl (C=O) groups excluding carboxylic acids is 1. The van der Waals surface area contributed by atoms with Crippen molar-refractivity contribution >= 4 is 5.78 Å². The molecule has 16 heavy (non-hydrogen) atoms. The van der Waals surface area contributed by atoms with Gasteiger partial charge < -0.3 is 5.32 Å². The van der Waals surface area contributed by atoms with Crippen LogP contribution in [0.3, 0.4) is 0 Å². The summed E-state index contributed by atoms with van der Waals surface area (Å²) in [5.41, 5.74) is 0.483. The van der Waals surface area contributed by atoms with Crippen LogP contribution in [0.15, 0.2) is 18.2 Å². The first kappa shape index (κ1) is 12.8. The molecule has 88 valence electrons. The Morgan fingerprint density at radius 1 is 1.31 bits per heavy atom.